The molecule has 14 heteroatoms. The van der Waals surface area contributed by atoms with Crippen molar-refractivity contribution in [3.05, 3.63) is 97.6 Å². The van der Waals surface area contributed by atoms with Gasteiger partial charge in [-0.2, -0.15) is 5.10 Å². The molecule has 0 unspecified atom stereocenters. The van der Waals surface area contributed by atoms with Crippen LogP contribution < -0.4 is 5.14 Å². The summed E-state index contributed by atoms with van der Waals surface area (Å²) in [7, 11) is -4.26. The van der Waals surface area contributed by atoms with Gasteiger partial charge in [-0.05, 0) is 73.9 Å². The van der Waals surface area contributed by atoms with E-state index in [9.17, 15) is 27.1 Å². The van der Waals surface area contributed by atoms with E-state index in [0.29, 0.717) is 44.9 Å². The second-order valence-corrected chi connectivity index (χ2v) is 14.0. The number of aromatic carboxylic acids is 1. The molecule has 44 heavy (non-hydrogen) atoms. The number of nitrogens with two attached hydrogens (primary N) is 1. The first-order valence-corrected chi connectivity index (χ1v) is 16.6. The molecule has 224 valence electrons. The Morgan fingerprint density at radius 3 is 2.59 bits per heavy atom. The van der Waals surface area contributed by atoms with Gasteiger partial charge >= 0.3 is 5.97 Å². The molecule has 1 fully saturated rings. The van der Waals surface area contributed by atoms with Crippen molar-refractivity contribution in [3.63, 3.8) is 0 Å². The summed E-state index contributed by atoms with van der Waals surface area (Å²) in [6.45, 7) is 1.90. The number of aryl methyl sites for hydroxylation is 1. The first-order valence-electron chi connectivity index (χ1n) is 13.3. The van der Waals surface area contributed by atoms with Crippen LogP contribution in [0.3, 0.4) is 0 Å². The molecule has 1 saturated carbocycles. The Kier molecular flexibility index (Phi) is 7.89. The molecule has 0 amide bonds. The second-order valence-electron chi connectivity index (χ2n) is 10.4. The lowest BCUT2D eigenvalue weighted by Crippen LogP contribution is -2.14. The van der Waals surface area contributed by atoms with Gasteiger partial charge in [-0.3, -0.25) is 0 Å². The predicted octanol–water partition coefficient (Wildman–Crippen LogP) is 5.33. The minimum absolute atomic E-state index is 0.126. The molecule has 1 aliphatic rings. The molecule has 3 heterocycles. The fourth-order valence-electron chi connectivity index (χ4n) is 4.72. The number of hydrogen-bond donors (Lipinski definition) is 2. The second kappa shape index (κ2) is 11.7. The number of hydrogen-bond acceptors (Lipinski definition) is 8. The quantitative estimate of drug-likeness (QED) is 0.216. The number of carbonyl (C=O) groups is 1. The van der Waals surface area contributed by atoms with Crippen molar-refractivity contribution >= 4 is 38.7 Å². The highest BCUT2D eigenvalue weighted by atomic mass is 32.2. The number of halogens is 2. The zero-order valence-electron chi connectivity index (χ0n) is 23.0. The number of benzene rings is 2. The summed E-state index contributed by atoms with van der Waals surface area (Å²) in [5.41, 5.74) is 2.89. The highest BCUT2D eigenvalue weighted by Crippen LogP contribution is 2.38. The molecule has 9 nitrogen and oxygen atoms in total. The molecule has 1 aliphatic carbocycles. The summed E-state index contributed by atoms with van der Waals surface area (Å²) in [6.07, 6.45) is 4.44. The fourth-order valence-corrected chi connectivity index (χ4v) is 6.70. The number of rotatable bonds is 8. The van der Waals surface area contributed by atoms with E-state index in [1.807, 2.05) is 6.92 Å². The first kappa shape index (κ1) is 29.8. The molecule has 6 rings (SSSR count). The first-order chi connectivity index (χ1) is 21.0. The van der Waals surface area contributed by atoms with E-state index in [1.54, 1.807) is 23.0 Å². The molecule has 0 bridgehead atoms. The normalized spacial score (nSPS) is 13.1. The van der Waals surface area contributed by atoms with Crippen LogP contribution in [0.5, 0.6) is 0 Å². The predicted molar refractivity (Wildman–Crippen MR) is 161 cm³/mol. The zero-order chi connectivity index (χ0) is 31.2. The molecule has 3 aromatic heterocycles. The van der Waals surface area contributed by atoms with E-state index < -0.39 is 32.5 Å². The lowest BCUT2D eigenvalue weighted by atomic mass is 9.96. The third-order valence-corrected chi connectivity index (χ3v) is 9.60. The molecule has 0 radical (unpaired) electrons. The topological polar surface area (TPSA) is 141 Å². The smallest absolute Gasteiger partial charge is 0.355 e. The highest BCUT2D eigenvalue weighted by molar-refractivity contribution is 7.89. The van der Waals surface area contributed by atoms with Crippen LogP contribution in [0, 0.1) is 36.3 Å². The minimum atomic E-state index is -4.26. The van der Waals surface area contributed by atoms with Crippen LogP contribution in [0.15, 0.2) is 52.9 Å². The molecule has 3 N–H and O–H groups in total. The largest absolute Gasteiger partial charge is 0.476 e. The Balaban J connectivity index is 1.51. The molecule has 0 atom stereocenters. The molecule has 5 aromatic rings. The van der Waals surface area contributed by atoms with Crippen molar-refractivity contribution in [2.75, 3.05) is 0 Å². The zero-order valence-corrected chi connectivity index (χ0v) is 25.5. The van der Waals surface area contributed by atoms with Gasteiger partial charge in [0.05, 0.1) is 17.0 Å². The lowest BCUT2D eigenvalue weighted by molar-refractivity contribution is 0.0691. The van der Waals surface area contributed by atoms with Gasteiger partial charge < -0.3 is 5.11 Å². The summed E-state index contributed by atoms with van der Waals surface area (Å²) >= 11 is 2.51. The highest BCUT2D eigenvalue weighted by Gasteiger charge is 2.30. The van der Waals surface area contributed by atoms with Crippen LogP contribution in [-0.4, -0.2) is 39.2 Å². The molecular formula is C30H23F2N5O4S3. The maximum absolute atomic E-state index is 14.9. The number of carboxylic acids is 1. The van der Waals surface area contributed by atoms with Crippen molar-refractivity contribution in [3.8, 4) is 28.2 Å². The van der Waals surface area contributed by atoms with Gasteiger partial charge in [0, 0.05) is 34.0 Å². The number of sulfonamides is 1. The van der Waals surface area contributed by atoms with Crippen molar-refractivity contribution in [2.24, 2.45) is 11.1 Å². The Hall–Kier alpha value is -4.29. The summed E-state index contributed by atoms with van der Waals surface area (Å²) in [5, 5.41) is 21.8. The lowest BCUT2D eigenvalue weighted by Gasteiger charge is -2.10. The van der Waals surface area contributed by atoms with Gasteiger partial charge in [0.15, 0.2) is 10.7 Å². The number of nitrogens with zero attached hydrogens (tertiary/aromatic N) is 4. The average molecular weight is 652 g/mol. The minimum Gasteiger partial charge on any atom is -0.476 e. The molecule has 0 saturated heterocycles. The van der Waals surface area contributed by atoms with Crippen LogP contribution in [0.2, 0.25) is 0 Å². The summed E-state index contributed by atoms with van der Waals surface area (Å²) in [6, 6.07) is 8.16. The number of primary sulfonamides is 1. The number of thiazole rings is 2. The number of carboxylic acid groups (broad SMARTS) is 1. The van der Waals surface area contributed by atoms with Crippen LogP contribution in [0.25, 0.3) is 16.4 Å². The summed E-state index contributed by atoms with van der Waals surface area (Å²) in [5.74, 6) is 3.44. The molecule has 2 aromatic carbocycles. The maximum Gasteiger partial charge on any atom is 0.355 e. The maximum atomic E-state index is 14.9. The van der Waals surface area contributed by atoms with E-state index in [-0.39, 0.29) is 17.7 Å². The van der Waals surface area contributed by atoms with Crippen molar-refractivity contribution in [1.82, 2.24) is 19.7 Å². The Morgan fingerprint density at radius 2 is 1.95 bits per heavy atom. The van der Waals surface area contributed by atoms with Gasteiger partial charge in [-0.1, -0.05) is 12.0 Å². The van der Waals surface area contributed by atoms with Crippen LogP contribution in [0.1, 0.15) is 55.6 Å². The molecule has 0 aliphatic heterocycles. The molecule has 0 spiro atoms. The van der Waals surface area contributed by atoms with Crippen LogP contribution in [-0.2, 0) is 22.9 Å². The van der Waals surface area contributed by atoms with Gasteiger partial charge in [-0.25, -0.2) is 41.8 Å². The van der Waals surface area contributed by atoms with Crippen LogP contribution in [0.4, 0.5) is 8.78 Å². The van der Waals surface area contributed by atoms with Gasteiger partial charge in [0.25, 0.3) is 0 Å². The van der Waals surface area contributed by atoms with E-state index in [4.69, 9.17) is 10.2 Å². The SMILES string of the molecule is Cc1cnc(C#Cc2cc(-c3nn(-c4nc(C(=O)O)cs4)c(CC4CC4)c3Cc3ccc(S(N)(=O)=O)c(F)c3)ccc2F)s1. The third kappa shape index (κ3) is 6.31. The Morgan fingerprint density at radius 1 is 1.16 bits per heavy atom. The van der Waals surface area contributed by atoms with E-state index in [2.05, 4.69) is 21.8 Å². The van der Waals surface area contributed by atoms with E-state index in [1.165, 1.54) is 28.8 Å². The van der Waals surface area contributed by atoms with Gasteiger partial charge in [-0.15, -0.1) is 22.7 Å². The average Bonchev–Trinajstić information content (AvgIpc) is 3.31. The van der Waals surface area contributed by atoms with E-state index in [0.717, 1.165) is 46.9 Å². The van der Waals surface area contributed by atoms with Crippen molar-refractivity contribution in [1.29, 1.82) is 0 Å². The van der Waals surface area contributed by atoms with Crippen molar-refractivity contribution in [2.45, 2.75) is 37.5 Å². The van der Waals surface area contributed by atoms with Crippen LogP contribution >= 0.6 is 22.7 Å². The van der Waals surface area contributed by atoms with Crippen molar-refractivity contribution < 1.29 is 27.1 Å². The monoisotopic (exact) mass is 651 g/mol. The molecular weight excluding hydrogens is 629 g/mol. The summed E-state index contributed by atoms with van der Waals surface area (Å²) in [4.78, 5) is 20.4. The third-order valence-electron chi connectivity index (χ3n) is 7.01. The standard InChI is InChI=1S/C30H23F2N5O4S3/c1-16-14-34-27(43-16)9-6-19-13-20(5-7-22(19)31)28-21(10-18-4-8-26(23(32)11-18)44(33,40)41)25(12-17-2-3-17)37(36-28)30-35-24(15-42-30)29(38)39/h4-5,7-8,11,13-15,17H,2-3,10,12H2,1H3,(H,38,39)(H2,33,40,41). The summed E-state index contributed by atoms with van der Waals surface area (Å²) < 4.78 is 55.0. The fraction of sp³-hybridized carbons (Fsp3) is 0.200. The van der Waals surface area contributed by atoms with E-state index >= 15 is 0 Å². The Labute approximate surface area is 259 Å². The van der Waals surface area contributed by atoms with Gasteiger partial charge in [0.2, 0.25) is 15.2 Å². The number of aromatic nitrogens is 4. The Bertz CT molecular complexity index is 2100. The van der Waals surface area contributed by atoms with Gasteiger partial charge in [0.1, 0.15) is 16.5 Å².